The van der Waals surface area contributed by atoms with Gasteiger partial charge in [-0.15, -0.1) is 0 Å². The third-order valence-electron chi connectivity index (χ3n) is 5.06. The number of nitrogens with one attached hydrogen (secondary N) is 1. The molecule has 19 heavy (non-hydrogen) atoms. The van der Waals surface area contributed by atoms with Gasteiger partial charge in [-0.3, -0.25) is 9.59 Å². The van der Waals surface area contributed by atoms with E-state index in [0.717, 1.165) is 25.2 Å². The first-order valence-corrected chi connectivity index (χ1v) is 7.66. The van der Waals surface area contributed by atoms with Gasteiger partial charge in [-0.1, -0.05) is 13.8 Å². The molecule has 4 atom stereocenters. The van der Waals surface area contributed by atoms with Gasteiger partial charge >= 0.3 is 0 Å². The van der Waals surface area contributed by atoms with Crippen molar-refractivity contribution in [2.45, 2.75) is 58.0 Å². The summed E-state index contributed by atoms with van der Waals surface area (Å²) in [6.07, 6.45) is 5.57. The highest BCUT2D eigenvalue weighted by Gasteiger charge is 2.45. The molecule has 106 valence electrons. The molecule has 3 rings (SSSR count). The molecule has 0 aromatic heterocycles. The van der Waals surface area contributed by atoms with Crippen LogP contribution in [-0.4, -0.2) is 35.3 Å². The minimum atomic E-state index is -0.229. The van der Waals surface area contributed by atoms with Crippen LogP contribution in [-0.2, 0) is 9.59 Å². The second-order valence-electron chi connectivity index (χ2n) is 6.81. The van der Waals surface area contributed by atoms with Crippen molar-refractivity contribution in [1.29, 1.82) is 0 Å². The summed E-state index contributed by atoms with van der Waals surface area (Å²) in [4.78, 5) is 26.3. The summed E-state index contributed by atoms with van der Waals surface area (Å²) in [5, 5.41) is 2.89. The third-order valence-corrected chi connectivity index (χ3v) is 5.06. The zero-order chi connectivity index (χ0) is 13.6. The van der Waals surface area contributed by atoms with Crippen molar-refractivity contribution in [2.24, 2.45) is 17.8 Å². The van der Waals surface area contributed by atoms with Crippen LogP contribution >= 0.6 is 0 Å². The summed E-state index contributed by atoms with van der Waals surface area (Å²) in [6, 6.07) is 0.0452. The van der Waals surface area contributed by atoms with Gasteiger partial charge in [0, 0.05) is 6.04 Å². The fourth-order valence-corrected chi connectivity index (χ4v) is 3.83. The Bertz CT molecular complexity index is 392. The number of carbonyl (C=O) groups excluding carboxylic acids is 2. The third kappa shape index (κ3) is 2.49. The Balaban J connectivity index is 1.74. The smallest absolute Gasteiger partial charge is 0.246 e. The van der Waals surface area contributed by atoms with E-state index in [1.165, 1.54) is 12.8 Å². The average molecular weight is 264 g/mol. The van der Waals surface area contributed by atoms with Gasteiger partial charge in [-0.25, -0.2) is 0 Å². The molecule has 0 radical (unpaired) electrons. The van der Waals surface area contributed by atoms with Gasteiger partial charge in [0.1, 0.15) is 6.04 Å². The molecule has 3 aliphatic rings. The standard InChI is InChI=1S/C15H24N2O2/c1-9-3-6-12(10(2)7-9)17-8-13(18)16-14(15(17)19)11-4-5-11/h9-12,14H,3-8H2,1-2H3,(H,16,18). The van der Waals surface area contributed by atoms with Crippen LogP contribution in [0, 0.1) is 17.8 Å². The number of nitrogens with zero attached hydrogens (tertiary/aromatic N) is 1. The minimum Gasteiger partial charge on any atom is -0.342 e. The molecule has 4 unspecified atom stereocenters. The highest BCUT2D eigenvalue weighted by Crippen LogP contribution is 2.37. The summed E-state index contributed by atoms with van der Waals surface area (Å²) >= 11 is 0. The van der Waals surface area contributed by atoms with Crippen molar-refractivity contribution in [3.63, 3.8) is 0 Å². The van der Waals surface area contributed by atoms with Gasteiger partial charge in [-0.2, -0.15) is 0 Å². The second kappa shape index (κ2) is 4.80. The van der Waals surface area contributed by atoms with Crippen molar-refractivity contribution >= 4 is 11.8 Å². The summed E-state index contributed by atoms with van der Waals surface area (Å²) in [5.74, 6) is 1.87. The van der Waals surface area contributed by atoms with Crippen molar-refractivity contribution in [3.8, 4) is 0 Å². The lowest BCUT2D eigenvalue weighted by Gasteiger charge is -2.43. The lowest BCUT2D eigenvalue weighted by molar-refractivity contribution is -0.149. The molecule has 0 spiro atoms. The lowest BCUT2D eigenvalue weighted by atomic mass is 9.78. The van der Waals surface area contributed by atoms with Gasteiger partial charge < -0.3 is 10.2 Å². The number of carbonyl (C=O) groups is 2. The van der Waals surface area contributed by atoms with E-state index in [1.807, 2.05) is 4.90 Å². The fraction of sp³-hybridized carbons (Fsp3) is 0.867. The fourth-order valence-electron chi connectivity index (χ4n) is 3.83. The van der Waals surface area contributed by atoms with Crippen LogP contribution in [0.2, 0.25) is 0 Å². The maximum Gasteiger partial charge on any atom is 0.246 e. The van der Waals surface area contributed by atoms with E-state index in [4.69, 9.17) is 0 Å². The van der Waals surface area contributed by atoms with Gasteiger partial charge in [0.25, 0.3) is 0 Å². The summed E-state index contributed by atoms with van der Waals surface area (Å²) in [6.45, 7) is 4.78. The van der Waals surface area contributed by atoms with Crippen LogP contribution in [0.1, 0.15) is 46.0 Å². The van der Waals surface area contributed by atoms with Crippen molar-refractivity contribution in [1.82, 2.24) is 10.2 Å². The van der Waals surface area contributed by atoms with Crippen LogP contribution in [0.4, 0.5) is 0 Å². The van der Waals surface area contributed by atoms with E-state index in [9.17, 15) is 9.59 Å². The zero-order valence-electron chi connectivity index (χ0n) is 11.9. The van der Waals surface area contributed by atoms with Crippen LogP contribution in [0.25, 0.3) is 0 Å². The molecule has 0 aromatic carbocycles. The Kier molecular flexibility index (Phi) is 3.27. The van der Waals surface area contributed by atoms with Gasteiger partial charge in [0.15, 0.2) is 0 Å². The molecule has 1 saturated heterocycles. The minimum absolute atomic E-state index is 0.0299. The Morgan fingerprint density at radius 3 is 2.47 bits per heavy atom. The van der Waals surface area contributed by atoms with Crippen LogP contribution in [0.3, 0.4) is 0 Å². The average Bonchev–Trinajstić information content (AvgIpc) is 3.16. The van der Waals surface area contributed by atoms with Crippen molar-refractivity contribution in [3.05, 3.63) is 0 Å². The van der Waals surface area contributed by atoms with E-state index in [0.29, 0.717) is 11.8 Å². The summed E-state index contributed by atoms with van der Waals surface area (Å²) in [7, 11) is 0. The van der Waals surface area contributed by atoms with E-state index in [2.05, 4.69) is 19.2 Å². The highest BCUT2D eigenvalue weighted by atomic mass is 16.2. The number of amides is 2. The zero-order valence-corrected chi connectivity index (χ0v) is 11.9. The predicted molar refractivity (Wildman–Crippen MR) is 72.3 cm³/mol. The second-order valence-corrected chi connectivity index (χ2v) is 6.81. The van der Waals surface area contributed by atoms with Gasteiger partial charge in [-0.05, 0) is 49.9 Å². The first kappa shape index (κ1) is 12.9. The largest absolute Gasteiger partial charge is 0.342 e. The van der Waals surface area contributed by atoms with Crippen LogP contribution in [0.15, 0.2) is 0 Å². The molecule has 2 aliphatic carbocycles. The first-order chi connectivity index (χ1) is 9.06. The molecule has 0 aromatic rings. The topological polar surface area (TPSA) is 49.4 Å². The molecular weight excluding hydrogens is 240 g/mol. The lowest BCUT2D eigenvalue weighted by Crippen LogP contribution is -2.62. The van der Waals surface area contributed by atoms with E-state index in [-0.39, 0.29) is 30.4 Å². The molecule has 1 aliphatic heterocycles. The molecule has 1 heterocycles. The molecule has 3 fully saturated rings. The van der Waals surface area contributed by atoms with Crippen LogP contribution < -0.4 is 5.32 Å². The monoisotopic (exact) mass is 264 g/mol. The van der Waals surface area contributed by atoms with Crippen molar-refractivity contribution in [2.75, 3.05) is 6.54 Å². The SMILES string of the molecule is CC1CCC(N2CC(=O)NC(C3CC3)C2=O)C(C)C1. The Morgan fingerprint density at radius 2 is 1.84 bits per heavy atom. The number of rotatable bonds is 2. The van der Waals surface area contributed by atoms with Crippen molar-refractivity contribution < 1.29 is 9.59 Å². The first-order valence-electron chi connectivity index (χ1n) is 7.66. The van der Waals surface area contributed by atoms with Gasteiger partial charge in [0.2, 0.25) is 11.8 Å². The highest BCUT2D eigenvalue weighted by molar-refractivity contribution is 5.95. The molecule has 1 N–H and O–H groups in total. The number of hydrogen-bond donors (Lipinski definition) is 1. The molecule has 0 bridgehead atoms. The predicted octanol–water partition coefficient (Wildman–Crippen LogP) is 1.55. The molecule has 2 saturated carbocycles. The van der Waals surface area contributed by atoms with E-state index < -0.39 is 0 Å². The maximum atomic E-state index is 12.6. The van der Waals surface area contributed by atoms with Crippen LogP contribution in [0.5, 0.6) is 0 Å². The summed E-state index contributed by atoms with van der Waals surface area (Å²) in [5.41, 5.74) is 0. The molecule has 4 heteroatoms. The quantitative estimate of drug-likeness (QED) is 0.822. The Labute approximate surface area is 114 Å². The van der Waals surface area contributed by atoms with E-state index in [1.54, 1.807) is 0 Å². The maximum absolute atomic E-state index is 12.6. The Hall–Kier alpha value is -1.06. The Morgan fingerprint density at radius 1 is 1.11 bits per heavy atom. The normalized spacial score (nSPS) is 40.2. The molecule has 2 amide bonds. The van der Waals surface area contributed by atoms with E-state index >= 15 is 0 Å². The summed E-state index contributed by atoms with van der Waals surface area (Å²) < 4.78 is 0. The van der Waals surface area contributed by atoms with Gasteiger partial charge in [0.05, 0.1) is 6.54 Å². The molecular formula is C15H24N2O2. The number of hydrogen-bond acceptors (Lipinski definition) is 2. The number of piperazine rings is 1. The molecule has 4 nitrogen and oxygen atoms in total.